The second kappa shape index (κ2) is 5.04. The molecule has 0 atom stereocenters. The van der Waals surface area contributed by atoms with E-state index in [4.69, 9.17) is 0 Å². The molecule has 66 valence electrons. The van der Waals surface area contributed by atoms with Gasteiger partial charge in [0.1, 0.15) is 6.33 Å². The largest absolute Gasteiger partial charge is 0.294 e. The highest BCUT2D eigenvalue weighted by Gasteiger charge is 2.03. The maximum atomic E-state index is 11.4. The van der Waals surface area contributed by atoms with Crippen LogP contribution in [0.3, 0.4) is 0 Å². The first-order valence-electron chi connectivity index (χ1n) is 4.02. The van der Waals surface area contributed by atoms with E-state index in [1.807, 2.05) is 0 Å². The van der Waals surface area contributed by atoms with E-state index in [0.717, 1.165) is 0 Å². The maximum absolute atomic E-state index is 11.4. The molecule has 3 heteroatoms. The van der Waals surface area contributed by atoms with E-state index in [1.165, 1.54) is 18.7 Å². The molecule has 0 saturated carbocycles. The number of ketones is 1. The van der Waals surface area contributed by atoms with Crippen LogP contribution in [-0.2, 0) is 0 Å². The van der Waals surface area contributed by atoms with E-state index >= 15 is 0 Å². The summed E-state index contributed by atoms with van der Waals surface area (Å²) in [4.78, 5) is 18.9. The molecule has 0 saturated heterocycles. The Morgan fingerprint density at radius 3 is 2.77 bits per heavy atom. The van der Waals surface area contributed by atoms with E-state index in [1.54, 1.807) is 6.92 Å². The zero-order valence-corrected chi connectivity index (χ0v) is 7.45. The van der Waals surface area contributed by atoms with Crippen LogP contribution in [0.5, 0.6) is 0 Å². The van der Waals surface area contributed by atoms with Crippen LogP contribution >= 0.6 is 0 Å². The average molecular weight is 174 g/mol. The molecule has 0 N–H and O–H groups in total. The minimum atomic E-state index is 0.0448. The summed E-state index contributed by atoms with van der Waals surface area (Å²) in [5.41, 5.74) is 0.556. The summed E-state index contributed by atoms with van der Waals surface area (Å²) in [6.45, 7) is 1.76. The minimum absolute atomic E-state index is 0.0448. The van der Waals surface area contributed by atoms with Crippen molar-refractivity contribution in [3.8, 4) is 11.8 Å². The first-order valence-corrected chi connectivity index (χ1v) is 4.02. The maximum Gasteiger partial charge on any atom is 0.166 e. The van der Waals surface area contributed by atoms with Crippen LogP contribution in [0.1, 0.15) is 30.1 Å². The van der Waals surface area contributed by atoms with Gasteiger partial charge < -0.3 is 0 Å². The first-order chi connectivity index (χ1) is 6.34. The first kappa shape index (κ1) is 9.40. The van der Waals surface area contributed by atoms with Crippen LogP contribution in [0.25, 0.3) is 0 Å². The molecule has 1 heterocycles. The molecule has 0 aliphatic heterocycles. The van der Waals surface area contributed by atoms with Crippen molar-refractivity contribution >= 4 is 5.78 Å². The van der Waals surface area contributed by atoms with Crippen molar-refractivity contribution in [1.82, 2.24) is 9.97 Å². The number of hydrogen-bond donors (Lipinski definition) is 0. The Morgan fingerprint density at radius 2 is 2.15 bits per heavy atom. The van der Waals surface area contributed by atoms with E-state index in [2.05, 4.69) is 21.8 Å². The number of carbonyl (C=O) groups excluding carboxylic acids is 1. The van der Waals surface area contributed by atoms with Gasteiger partial charge in [-0.15, -0.1) is 11.8 Å². The highest BCUT2D eigenvalue weighted by Crippen LogP contribution is 2.00. The topological polar surface area (TPSA) is 42.9 Å². The SMILES string of the molecule is CC#CCCC(=O)c1cncnc1. The van der Waals surface area contributed by atoms with Crippen molar-refractivity contribution in [2.24, 2.45) is 0 Å². The standard InChI is InChI=1S/C10H10N2O/c1-2-3-4-5-10(13)9-6-11-8-12-7-9/h6-8H,4-5H2,1H3. The smallest absolute Gasteiger partial charge is 0.166 e. The van der Waals surface area contributed by atoms with Gasteiger partial charge in [0.15, 0.2) is 5.78 Å². The summed E-state index contributed by atoms with van der Waals surface area (Å²) in [6, 6.07) is 0. The minimum Gasteiger partial charge on any atom is -0.294 e. The van der Waals surface area contributed by atoms with Crippen molar-refractivity contribution in [3.63, 3.8) is 0 Å². The molecule has 1 rings (SSSR count). The van der Waals surface area contributed by atoms with Crippen molar-refractivity contribution in [3.05, 3.63) is 24.3 Å². The van der Waals surface area contributed by atoms with E-state index in [-0.39, 0.29) is 5.78 Å². The molecule has 3 nitrogen and oxygen atoms in total. The normalized spacial score (nSPS) is 8.69. The summed E-state index contributed by atoms with van der Waals surface area (Å²) in [6.07, 6.45) is 5.49. The fraction of sp³-hybridized carbons (Fsp3) is 0.300. The molecule has 0 unspecified atom stereocenters. The molecule has 13 heavy (non-hydrogen) atoms. The summed E-state index contributed by atoms with van der Waals surface area (Å²) >= 11 is 0. The van der Waals surface area contributed by atoms with Gasteiger partial charge in [0.05, 0.1) is 5.56 Å². The lowest BCUT2D eigenvalue weighted by atomic mass is 10.1. The van der Waals surface area contributed by atoms with Gasteiger partial charge in [0, 0.05) is 25.2 Å². The summed E-state index contributed by atoms with van der Waals surface area (Å²) < 4.78 is 0. The molecule has 0 aliphatic rings. The van der Waals surface area contributed by atoms with Crippen LogP contribution in [0.15, 0.2) is 18.7 Å². The second-order valence-electron chi connectivity index (χ2n) is 2.48. The van der Waals surface area contributed by atoms with Gasteiger partial charge in [0.25, 0.3) is 0 Å². The van der Waals surface area contributed by atoms with Gasteiger partial charge in [-0.05, 0) is 6.92 Å². The van der Waals surface area contributed by atoms with Crippen molar-refractivity contribution in [2.75, 3.05) is 0 Å². The van der Waals surface area contributed by atoms with Crippen LogP contribution in [0.4, 0.5) is 0 Å². The summed E-state index contributed by atoms with van der Waals surface area (Å²) in [7, 11) is 0. The molecular formula is C10H10N2O. The number of hydrogen-bond acceptors (Lipinski definition) is 3. The molecule has 0 radical (unpaired) electrons. The molecule has 0 aliphatic carbocycles. The van der Waals surface area contributed by atoms with Gasteiger partial charge in [-0.25, -0.2) is 9.97 Å². The van der Waals surface area contributed by atoms with Crippen molar-refractivity contribution < 1.29 is 4.79 Å². The predicted molar refractivity (Wildman–Crippen MR) is 49.0 cm³/mol. The second-order valence-corrected chi connectivity index (χ2v) is 2.48. The zero-order chi connectivity index (χ0) is 9.52. The lowest BCUT2D eigenvalue weighted by Crippen LogP contribution is -1.99. The van der Waals surface area contributed by atoms with E-state index in [0.29, 0.717) is 18.4 Å². The van der Waals surface area contributed by atoms with Crippen LogP contribution in [0.2, 0.25) is 0 Å². The van der Waals surface area contributed by atoms with Crippen LogP contribution in [-0.4, -0.2) is 15.8 Å². The molecule has 0 bridgehead atoms. The Morgan fingerprint density at radius 1 is 1.46 bits per heavy atom. The number of Topliss-reactive ketones (excluding diaryl/α,β-unsaturated/α-hetero) is 1. The lowest BCUT2D eigenvalue weighted by molar-refractivity contribution is 0.0983. The van der Waals surface area contributed by atoms with E-state index in [9.17, 15) is 4.79 Å². The molecule has 1 aromatic rings. The summed E-state index contributed by atoms with van der Waals surface area (Å²) in [5.74, 6) is 5.62. The van der Waals surface area contributed by atoms with Gasteiger partial charge in [-0.2, -0.15) is 0 Å². The molecule has 0 amide bonds. The Bertz CT molecular complexity index is 335. The fourth-order valence-electron chi connectivity index (χ4n) is 0.888. The molecule has 1 aromatic heterocycles. The highest BCUT2D eigenvalue weighted by atomic mass is 16.1. The molecular weight excluding hydrogens is 164 g/mol. The Balaban J connectivity index is 2.53. The average Bonchev–Trinajstić information content (AvgIpc) is 2.19. The predicted octanol–water partition coefficient (Wildman–Crippen LogP) is 1.46. The van der Waals surface area contributed by atoms with Crippen molar-refractivity contribution in [2.45, 2.75) is 19.8 Å². The third kappa shape index (κ3) is 3.04. The summed E-state index contributed by atoms with van der Waals surface area (Å²) in [5, 5.41) is 0. The Labute approximate surface area is 77.2 Å². The third-order valence-electron chi connectivity index (χ3n) is 1.54. The van der Waals surface area contributed by atoms with E-state index < -0.39 is 0 Å². The van der Waals surface area contributed by atoms with Crippen LogP contribution in [0, 0.1) is 11.8 Å². The van der Waals surface area contributed by atoms with Gasteiger partial charge in [-0.3, -0.25) is 4.79 Å². The lowest BCUT2D eigenvalue weighted by Gasteiger charge is -1.94. The monoisotopic (exact) mass is 174 g/mol. The number of rotatable bonds is 3. The van der Waals surface area contributed by atoms with Gasteiger partial charge in [0.2, 0.25) is 0 Å². The Hall–Kier alpha value is -1.69. The number of nitrogens with zero attached hydrogens (tertiary/aromatic N) is 2. The highest BCUT2D eigenvalue weighted by molar-refractivity contribution is 5.95. The van der Waals surface area contributed by atoms with Gasteiger partial charge >= 0.3 is 0 Å². The quantitative estimate of drug-likeness (QED) is 0.514. The third-order valence-corrected chi connectivity index (χ3v) is 1.54. The molecule has 0 spiro atoms. The molecule has 0 fully saturated rings. The molecule has 0 aromatic carbocycles. The Kier molecular flexibility index (Phi) is 3.65. The van der Waals surface area contributed by atoms with Crippen LogP contribution < -0.4 is 0 Å². The zero-order valence-electron chi connectivity index (χ0n) is 7.45. The van der Waals surface area contributed by atoms with Gasteiger partial charge in [-0.1, -0.05) is 0 Å². The number of carbonyl (C=O) groups is 1. The fourth-order valence-corrected chi connectivity index (χ4v) is 0.888. The van der Waals surface area contributed by atoms with Crippen molar-refractivity contribution in [1.29, 1.82) is 0 Å². The number of aromatic nitrogens is 2.